The van der Waals surface area contributed by atoms with Gasteiger partial charge < -0.3 is 10.1 Å². The Morgan fingerprint density at radius 1 is 1.39 bits per heavy atom. The van der Waals surface area contributed by atoms with E-state index in [1.165, 1.54) is 45.2 Å². The molecule has 3 heteroatoms. The highest BCUT2D eigenvalue weighted by Crippen LogP contribution is 2.21. The Morgan fingerprint density at radius 2 is 2.22 bits per heavy atom. The molecule has 2 rings (SSSR count). The van der Waals surface area contributed by atoms with E-state index in [2.05, 4.69) is 31.0 Å². The highest BCUT2D eigenvalue weighted by molar-refractivity contribution is 4.93. The maximum absolute atomic E-state index is 5.84. The van der Waals surface area contributed by atoms with Crippen LogP contribution in [0.25, 0.3) is 0 Å². The number of rotatable bonds is 4. The standard InChI is InChI=1S/C15H30N2O/c1-4-15(3)12-17(13(2)11-16-15)9-8-14-7-5-6-10-18-14/h13-14,16H,4-12H2,1-3H3. The van der Waals surface area contributed by atoms with Gasteiger partial charge in [-0.3, -0.25) is 4.90 Å². The Kier molecular flexibility index (Phi) is 5.05. The van der Waals surface area contributed by atoms with Crippen LogP contribution in [0, 0.1) is 0 Å². The van der Waals surface area contributed by atoms with E-state index < -0.39 is 0 Å². The van der Waals surface area contributed by atoms with Crippen molar-refractivity contribution in [2.24, 2.45) is 0 Å². The second-order valence-corrected chi connectivity index (χ2v) is 6.39. The topological polar surface area (TPSA) is 24.5 Å². The minimum Gasteiger partial charge on any atom is -0.378 e. The average molecular weight is 254 g/mol. The third-order valence-electron chi connectivity index (χ3n) is 4.79. The van der Waals surface area contributed by atoms with Gasteiger partial charge >= 0.3 is 0 Å². The summed E-state index contributed by atoms with van der Waals surface area (Å²) in [5.74, 6) is 0. The Morgan fingerprint density at radius 3 is 2.89 bits per heavy atom. The van der Waals surface area contributed by atoms with Crippen LogP contribution in [-0.2, 0) is 4.74 Å². The maximum Gasteiger partial charge on any atom is 0.0587 e. The van der Waals surface area contributed by atoms with Crippen molar-refractivity contribution in [1.29, 1.82) is 0 Å². The molecule has 0 amide bonds. The molecule has 2 aliphatic heterocycles. The molecular formula is C15H30N2O. The van der Waals surface area contributed by atoms with Crippen LogP contribution in [-0.4, -0.2) is 48.8 Å². The number of hydrogen-bond acceptors (Lipinski definition) is 3. The first-order valence-corrected chi connectivity index (χ1v) is 7.73. The van der Waals surface area contributed by atoms with Crippen LogP contribution >= 0.6 is 0 Å². The minimum absolute atomic E-state index is 0.305. The fourth-order valence-corrected chi connectivity index (χ4v) is 3.06. The summed E-state index contributed by atoms with van der Waals surface area (Å²) in [5, 5.41) is 3.69. The van der Waals surface area contributed by atoms with Crippen LogP contribution < -0.4 is 5.32 Å². The van der Waals surface area contributed by atoms with Gasteiger partial charge in [-0.05, 0) is 46.0 Å². The van der Waals surface area contributed by atoms with Crippen LogP contribution in [0.15, 0.2) is 0 Å². The second-order valence-electron chi connectivity index (χ2n) is 6.39. The number of piperazine rings is 1. The molecule has 3 nitrogen and oxygen atoms in total. The van der Waals surface area contributed by atoms with Gasteiger partial charge in [-0.2, -0.15) is 0 Å². The molecule has 0 aliphatic carbocycles. The normalized spacial score (nSPS) is 38.8. The summed E-state index contributed by atoms with van der Waals surface area (Å²) >= 11 is 0. The summed E-state index contributed by atoms with van der Waals surface area (Å²) in [6.45, 7) is 11.4. The zero-order valence-electron chi connectivity index (χ0n) is 12.4. The van der Waals surface area contributed by atoms with Crippen molar-refractivity contribution in [3.05, 3.63) is 0 Å². The minimum atomic E-state index is 0.305. The van der Waals surface area contributed by atoms with Gasteiger partial charge in [0.2, 0.25) is 0 Å². The molecule has 0 aromatic heterocycles. The van der Waals surface area contributed by atoms with Gasteiger partial charge in [0, 0.05) is 37.8 Å². The summed E-state index contributed by atoms with van der Waals surface area (Å²) in [6.07, 6.45) is 6.82. The van der Waals surface area contributed by atoms with Crippen molar-refractivity contribution >= 4 is 0 Å². The third-order valence-corrected chi connectivity index (χ3v) is 4.79. The van der Waals surface area contributed by atoms with E-state index in [-0.39, 0.29) is 0 Å². The van der Waals surface area contributed by atoms with Crippen molar-refractivity contribution < 1.29 is 4.74 Å². The number of ether oxygens (including phenoxy) is 1. The second kappa shape index (κ2) is 6.36. The molecule has 0 saturated carbocycles. The SMILES string of the molecule is CCC1(C)CN(CCC2CCCCO2)C(C)CN1. The van der Waals surface area contributed by atoms with Gasteiger partial charge in [-0.25, -0.2) is 0 Å². The Labute approximate surface area is 112 Å². The molecule has 0 radical (unpaired) electrons. The largest absolute Gasteiger partial charge is 0.378 e. The molecule has 2 heterocycles. The van der Waals surface area contributed by atoms with Crippen molar-refractivity contribution in [3.8, 4) is 0 Å². The Bertz CT molecular complexity index is 253. The lowest BCUT2D eigenvalue weighted by Crippen LogP contribution is -2.62. The van der Waals surface area contributed by atoms with Gasteiger partial charge in [0.15, 0.2) is 0 Å². The van der Waals surface area contributed by atoms with Crippen LogP contribution in [0.1, 0.15) is 52.9 Å². The lowest BCUT2D eigenvalue weighted by Gasteiger charge is -2.45. The zero-order valence-corrected chi connectivity index (χ0v) is 12.4. The van der Waals surface area contributed by atoms with E-state index in [1.807, 2.05) is 0 Å². The maximum atomic E-state index is 5.84. The van der Waals surface area contributed by atoms with E-state index in [9.17, 15) is 0 Å². The van der Waals surface area contributed by atoms with Crippen LogP contribution in [0.4, 0.5) is 0 Å². The quantitative estimate of drug-likeness (QED) is 0.834. The van der Waals surface area contributed by atoms with Gasteiger partial charge in [-0.15, -0.1) is 0 Å². The fraction of sp³-hybridized carbons (Fsp3) is 1.00. The molecule has 1 N–H and O–H groups in total. The first-order chi connectivity index (χ1) is 8.63. The third kappa shape index (κ3) is 3.69. The first-order valence-electron chi connectivity index (χ1n) is 7.73. The number of nitrogens with zero attached hydrogens (tertiary/aromatic N) is 1. The van der Waals surface area contributed by atoms with E-state index in [1.54, 1.807) is 0 Å². The summed E-state index contributed by atoms with van der Waals surface area (Å²) in [4.78, 5) is 2.65. The molecule has 0 spiro atoms. The molecule has 3 atom stereocenters. The van der Waals surface area contributed by atoms with Crippen molar-refractivity contribution in [2.45, 2.75) is 70.6 Å². The van der Waals surface area contributed by atoms with E-state index in [0.29, 0.717) is 17.7 Å². The lowest BCUT2D eigenvalue weighted by atomic mass is 9.93. The Balaban J connectivity index is 1.79. The van der Waals surface area contributed by atoms with E-state index in [0.717, 1.165) is 13.2 Å². The monoisotopic (exact) mass is 254 g/mol. The summed E-state index contributed by atoms with van der Waals surface area (Å²) < 4.78 is 5.84. The number of hydrogen-bond donors (Lipinski definition) is 1. The van der Waals surface area contributed by atoms with E-state index in [4.69, 9.17) is 4.74 Å². The summed E-state index contributed by atoms with van der Waals surface area (Å²) in [6, 6.07) is 0.660. The molecule has 18 heavy (non-hydrogen) atoms. The predicted molar refractivity (Wildman–Crippen MR) is 75.9 cm³/mol. The molecule has 106 valence electrons. The van der Waals surface area contributed by atoms with Gasteiger partial charge in [0.1, 0.15) is 0 Å². The smallest absolute Gasteiger partial charge is 0.0587 e. The van der Waals surface area contributed by atoms with Crippen molar-refractivity contribution in [1.82, 2.24) is 10.2 Å². The average Bonchev–Trinajstić information content (AvgIpc) is 2.41. The molecule has 0 aromatic rings. The molecule has 2 aliphatic rings. The molecule has 2 saturated heterocycles. The van der Waals surface area contributed by atoms with Crippen LogP contribution in [0.5, 0.6) is 0 Å². The zero-order chi connectivity index (χ0) is 13.0. The van der Waals surface area contributed by atoms with Crippen molar-refractivity contribution in [3.63, 3.8) is 0 Å². The van der Waals surface area contributed by atoms with Crippen LogP contribution in [0.3, 0.4) is 0 Å². The lowest BCUT2D eigenvalue weighted by molar-refractivity contribution is -0.00270. The van der Waals surface area contributed by atoms with E-state index >= 15 is 0 Å². The predicted octanol–water partition coefficient (Wildman–Crippen LogP) is 2.41. The van der Waals surface area contributed by atoms with Gasteiger partial charge in [0.25, 0.3) is 0 Å². The number of nitrogens with one attached hydrogen (secondary N) is 1. The highest BCUT2D eigenvalue weighted by atomic mass is 16.5. The summed E-state index contributed by atoms with van der Waals surface area (Å²) in [7, 11) is 0. The first kappa shape index (κ1) is 14.3. The Hall–Kier alpha value is -0.120. The highest BCUT2D eigenvalue weighted by Gasteiger charge is 2.32. The van der Waals surface area contributed by atoms with Gasteiger partial charge in [0.05, 0.1) is 6.10 Å². The summed E-state index contributed by atoms with van der Waals surface area (Å²) in [5.41, 5.74) is 0.305. The molecular weight excluding hydrogens is 224 g/mol. The molecule has 0 aromatic carbocycles. The molecule has 2 fully saturated rings. The fourth-order valence-electron chi connectivity index (χ4n) is 3.06. The molecule has 3 unspecified atom stereocenters. The molecule has 0 bridgehead atoms. The van der Waals surface area contributed by atoms with Gasteiger partial charge in [-0.1, -0.05) is 6.92 Å². The van der Waals surface area contributed by atoms with Crippen molar-refractivity contribution in [2.75, 3.05) is 26.2 Å². The van der Waals surface area contributed by atoms with Crippen LogP contribution in [0.2, 0.25) is 0 Å².